The number of carbonyl (C=O) groups is 1. The molecule has 2 heterocycles. The summed E-state index contributed by atoms with van der Waals surface area (Å²) in [5, 5.41) is 3.18. The van der Waals surface area contributed by atoms with Gasteiger partial charge in [0.15, 0.2) is 0 Å². The van der Waals surface area contributed by atoms with Gasteiger partial charge < -0.3 is 9.88 Å². The molecule has 4 nitrogen and oxygen atoms in total. The number of nitrogens with one attached hydrogen (secondary N) is 1. The van der Waals surface area contributed by atoms with E-state index in [-0.39, 0.29) is 17.4 Å². The number of aryl methyl sites for hydroxylation is 2. The van der Waals surface area contributed by atoms with Crippen molar-refractivity contribution >= 4 is 5.91 Å². The summed E-state index contributed by atoms with van der Waals surface area (Å²) >= 11 is 0. The third-order valence-corrected chi connectivity index (χ3v) is 4.45. The summed E-state index contributed by atoms with van der Waals surface area (Å²) in [6, 6.07) is 0.246. The van der Waals surface area contributed by atoms with Gasteiger partial charge in [0.25, 0.3) is 0 Å². The molecule has 2 rings (SSSR count). The minimum absolute atomic E-state index is 0.178. The van der Waals surface area contributed by atoms with Crippen LogP contribution in [-0.4, -0.2) is 21.5 Å². The van der Waals surface area contributed by atoms with E-state index in [0.717, 1.165) is 30.9 Å². The third-order valence-electron chi connectivity index (χ3n) is 4.45. The molecule has 0 unspecified atom stereocenters. The van der Waals surface area contributed by atoms with Crippen LogP contribution in [0.3, 0.4) is 0 Å². The quantitative estimate of drug-likeness (QED) is 0.923. The maximum absolute atomic E-state index is 12.1. The van der Waals surface area contributed by atoms with Crippen molar-refractivity contribution in [2.24, 2.45) is 11.3 Å². The number of carbonyl (C=O) groups excluding carboxylic acids is 1. The first kappa shape index (κ1) is 15.1. The number of nitrogens with zero attached hydrogens (tertiary/aromatic N) is 2. The highest BCUT2D eigenvalue weighted by atomic mass is 16.1. The molecule has 112 valence electrons. The van der Waals surface area contributed by atoms with Gasteiger partial charge in [-0.25, -0.2) is 4.98 Å². The highest BCUT2D eigenvalue weighted by Gasteiger charge is 2.25. The molecule has 1 aliphatic rings. The summed E-state index contributed by atoms with van der Waals surface area (Å²) in [6.07, 6.45) is 4.63. The second-order valence-corrected chi connectivity index (χ2v) is 7.23. The number of fused-ring (bicyclic) bond motifs is 1. The van der Waals surface area contributed by atoms with Gasteiger partial charge in [-0.05, 0) is 24.7 Å². The Morgan fingerprint density at radius 3 is 2.90 bits per heavy atom. The molecule has 1 aliphatic heterocycles. The Bertz CT molecular complexity index is 484. The number of amides is 1. The molecule has 4 heteroatoms. The summed E-state index contributed by atoms with van der Waals surface area (Å²) in [5.41, 5.74) is 1.24. The van der Waals surface area contributed by atoms with Gasteiger partial charge in [0.1, 0.15) is 5.82 Å². The molecule has 0 bridgehead atoms. The summed E-state index contributed by atoms with van der Waals surface area (Å²) in [5.74, 6) is 1.71. The molecule has 0 aromatic carbocycles. The molecular formula is C16H27N3O. The summed E-state index contributed by atoms with van der Waals surface area (Å²) < 4.78 is 2.18. The Hall–Kier alpha value is -1.32. The van der Waals surface area contributed by atoms with Crippen LogP contribution in [0.25, 0.3) is 0 Å². The zero-order valence-corrected chi connectivity index (χ0v) is 13.4. The maximum Gasteiger partial charge on any atom is 0.220 e. The van der Waals surface area contributed by atoms with E-state index in [1.807, 2.05) is 6.92 Å². The number of imidazole rings is 1. The Kier molecular flexibility index (Phi) is 4.21. The van der Waals surface area contributed by atoms with Gasteiger partial charge in [0.2, 0.25) is 5.91 Å². The minimum atomic E-state index is 0.178. The van der Waals surface area contributed by atoms with Crippen molar-refractivity contribution in [2.75, 3.05) is 0 Å². The number of aromatic nitrogens is 2. The average molecular weight is 277 g/mol. The number of rotatable bonds is 3. The number of hydrogen-bond acceptors (Lipinski definition) is 2. The van der Waals surface area contributed by atoms with Gasteiger partial charge in [-0.3, -0.25) is 4.79 Å². The van der Waals surface area contributed by atoms with Crippen LogP contribution < -0.4 is 5.32 Å². The predicted molar refractivity (Wildman–Crippen MR) is 80.5 cm³/mol. The monoisotopic (exact) mass is 277 g/mol. The van der Waals surface area contributed by atoms with Crippen LogP contribution in [-0.2, 0) is 17.8 Å². The van der Waals surface area contributed by atoms with Gasteiger partial charge >= 0.3 is 0 Å². The van der Waals surface area contributed by atoms with Crippen LogP contribution >= 0.6 is 0 Å². The zero-order valence-electron chi connectivity index (χ0n) is 13.4. The van der Waals surface area contributed by atoms with Crippen molar-refractivity contribution in [1.82, 2.24) is 14.9 Å². The predicted octanol–water partition coefficient (Wildman–Crippen LogP) is 2.69. The average Bonchev–Trinajstić information content (AvgIpc) is 2.66. The lowest BCUT2D eigenvalue weighted by atomic mass is 9.80. The molecule has 1 N–H and O–H groups in total. The molecule has 1 aromatic rings. The van der Waals surface area contributed by atoms with Crippen molar-refractivity contribution in [3.63, 3.8) is 0 Å². The molecule has 0 saturated carbocycles. The Labute approximate surface area is 122 Å². The molecule has 1 amide bonds. The third kappa shape index (κ3) is 3.62. The largest absolute Gasteiger partial charge is 0.352 e. The summed E-state index contributed by atoms with van der Waals surface area (Å²) in [4.78, 5) is 16.6. The van der Waals surface area contributed by atoms with E-state index in [1.165, 1.54) is 0 Å². The first-order valence-corrected chi connectivity index (χ1v) is 7.57. The Morgan fingerprint density at radius 1 is 1.55 bits per heavy atom. The SMILES string of the molecule is Cc1cn2c(n1)CC[C@@H](NC(=O)C[C@@H](C)C(C)(C)C)C2. The van der Waals surface area contributed by atoms with Gasteiger partial charge in [-0.1, -0.05) is 27.7 Å². The summed E-state index contributed by atoms with van der Waals surface area (Å²) in [7, 11) is 0. The smallest absolute Gasteiger partial charge is 0.220 e. The second kappa shape index (κ2) is 5.58. The molecule has 0 fully saturated rings. The molecule has 0 saturated heterocycles. The summed E-state index contributed by atoms with van der Waals surface area (Å²) in [6.45, 7) is 11.6. The molecule has 2 atom stereocenters. The van der Waals surface area contributed by atoms with Crippen LogP contribution in [0.1, 0.15) is 52.1 Å². The first-order valence-electron chi connectivity index (χ1n) is 7.57. The lowest BCUT2D eigenvalue weighted by molar-refractivity contribution is -0.123. The van der Waals surface area contributed by atoms with Gasteiger partial charge in [0, 0.05) is 31.6 Å². The Balaban J connectivity index is 1.87. The van der Waals surface area contributed by atoms with Crippen LogP contribution in [0.2, 0.25) is 0 Å². The number of hydrogen-bond donors (Lipinski definition) is 1. The maximum atomic E-state index is 12.1. The highest BCUT2D eigenvalue weighted by Crippen LogP contribution is 2.28. The lowest BCUT2D eigenvalue weighted by Crippen LogP contribution is -2.42. The molecule has 0 aliphatic carbocycles. The molecular weight excluding hydrogens is 250 g/mol. The zero-order chi connectivity index (χ0) is 14.9. The highest BCUT2D eigenvalue weighted by molar-refractivity contribution is 5.76. The fourth-order valence-corrected chi connectivity index (χ4v) is 2.58. The van der Waals surface area contributed by atoms with E-state index in [9.17, 15) is 4.79 Å². The van der Waals surface area contributed by atoms with E-state index in [4.69, 9.17) is 0 Å². The first-order chi connectivity index (χ1) is 9.25. The molecule has 0 spiro atoms. The van der Waals surface area contributed by atoms with Gasteiger partial charge in [-0.15, -0.1) is 0 Å². The van der Waals surface area contributed by atoms with E-state index in [0.29, 0.717) is 12.3 Å². The molecule has 20 heavy (non-hydrogen) atoms. The van der Waals surface area contributed by atoms with Crippen molar-refractivity contribution in [3.8, 4) is 0 Å². The topological polar surface area (TPSA) is 46.9 Å². The van der Waals surface area contributed by atoms with Crippen molar-refractivity contribution < 1.29 is 4.79 Å². The lowest BCUT2D eigenvalue weighted by Gasteiger charge is -2.29. The molecule has 1 aromatic heterocycles. The van der Waals surface area contributed by atoms with Gasteiger partial charge in [0.05, 0.1) is 5.69 Å². The van der Waals surface area contributed by atoms with Crippen molar-refractivity contribution in [1.29, 1.82) is 0 Å². The van der Waals surface area contributed by atoms with Crippen LogP contribution in [0.5, 0.6) is 0 Å². The van der Waals surface area contributed by atoms with Crippen molar-refractivity contribution in [3.05, 3.63) is 17.7 Å². The van der Waals surface area contributed by atoms with Crippen LogP contribution in [0.15, 0.2) is 6.20 Å². The van der Waals surface area contributed by atoms with Gasteiger partial charge in [-0.2, -0.15) is 0 Å². The van der Waals surface area contributed by atoms with E-state index in [1.54, 1.807) is 0 Å². The van der Waals surface area contributed by atoms with Crippen molar-refractivity contribution in [2.45, 2.75) is 66.5 Å². The van der Waals surface area contributed by atoms with Crippen LogP contribution in [0.4, 0.5) is 0 Å². The fourth-order valence-electron chi connectivity index (χ4n) is 2.58. The van der Waals surface area contributed by atoms with Crippen LogP contribution in [0, 0.1) is 18.3 Å². The normalized spacial score (nSPS) is 20.4. The van der Waals surface area contributed by atoms with E-state index >= 15 is 0 Å². The second-order valence-electron chi connectivity index (χ2n) is 7.23. The fraction of sp³-hybridized carbons (Fsp3) is 0.750. The molecule has 0 radical (unpaired) electrons. The standard InChI is InChI=1S/C16H27N3O/c1-11(16(3,4)5)8-15(20)18-13-6-7-14-17-12(2)9-19(14)10-13/h9,11,13H,6-8,10H2,1-5H3,(H,18,20)/t11-,13-/m1/s1. The minimum Gasteiger partial charge on any atom is -0.352 e. The van der Waals surface area contributed by atoms with E-state index < -0.39 is 0 Å². The Morgan fingerprint density at radius 2 is 2.25 bits per heavy atom. The van der Waals surface area contributed by atoms with E-state index in [2.05, 4.69) is 48.8 Å².